The molecule has 2 aromatic carbocycles. The fraction of sp³-hybridized carbons (Fsp3) is 0.333. The van der Waals surface area contributed by atoms with Crippen LogP contribution in [0.2, 0.25) is 0 Å². The van der Waals surface area contributed by atoms with Crippen LogP contribution in [0, 0.1) is 6.92 Å². The Hall–Kier alpha value is -6.84. The summed E-state index contributed by atoms with van der Waals surface area (Å²) in [6.07, 6.45) is 5.56. The van der Waals surface area contributed by atoms with Crippen LogP contribution in [0.1, 0.15) is 111 Å². The Labute approximate surface area is 333 Å². The molecule has 16 heteroatoms. The number of H-pyrrole nitrogens is 2. The first kappa shape index (κ1) is 38.1. The minimum atomic E-state index is -0.280. The maximum atomic E-state index is 13.1. The number of carbonyl (C=O) groups is 4. The number of benzene rings is 2. The number of carbonyl (C=O) groups excluding carboxylic acids is 4. The molecule has 2 fully saturated rings. The highest BCUT2D eigenvalue weighted by Gasteiger charge is 2.30. The number of aromatic nitrogens is 6. The Morgan fingerprint density at radius 1 is 0.655 bits per heavy atom. The number of hydrogen-bond acceptors (Lipinski definition) is 10. The lowest BCUT2D eigenvalue weighted by molar-refractivity contribution is -0.116. The Kier molecular flexibility index (Phi) is 11.2. The van der Waals surface area contributed by atoms with Crippen molar-refractivity contribution in [1.29, 1.82) is 0 Å². The van der Waals surface area contributed by atoms with Gasteiger partial charge >= 0.3 is 0 Å². The zero-order chi connectivity index (χ0) is 40.0. The third kappa shape index (κ3) is 9.57. The fourth-order valence-electron chi connectivity index (χ4n) is 7.83. The van der Waals surface area contributed by atoms with Gasteiger partial charge in [-0.25, -0.2) is 0 Å². The molecule has 58 heavy (non-hydrogen) atoms. The van der Waals surface area contributed by atoms with Gasteiger partial charge in [-0.15, -0.1) is 0 Å². The van der Waals surface area contributed by atoms with Gasteiger partial charge in [0, 0.05) is 77.1 Å². The van der Waals surface area contributed by atoms with Crippen LogP contribution in [0.3, 0.4) is 0 Å². The molecule has 6 aromatic rings. The summed E-state index contributed by atoms with van der Waals surface area (Å²) in [5.41, 5.74) is 5.36. The first-order valence-electron chi connectivity index (χ1n) is 19.5. The second-order valence-corrected chi connectivity index (χ2v) is 15.2. The van der Waals surface area contributed by atoms with Crippen LogP contribution < -0.4 is 21.3 Å². The number of nitrogens with zero attached hydrogens (tertiary/aromatic N) is 4. The highest BCUT2D eigenvalue weighted by atomic mass is 16.5. The highest BCUT2D eigenvalue weighted by Crippen LogP contribution is 2.35. The van der Waals surface area contributed by atoms with E-state index in [1.807, 2.05) is 42.5 Å². The van der Waals surface area contributed by atoms with Crippen LogP contribution in [-0.4, -0.2) is 66.4 Å². The number of amides is 4. The topological polar surface area (TPSA) is 226 Å². The summed E-state index contributed by atoms with van der Waals surface area (Å²) in [4.78, 5) is 50.9. The molecule has 4 heterocycles. The molecule has 16 nitrogen and oxygen atoms in total. The van der Waals surface area contributed by atoms with E-state index in [9.17, 15) is 19.2 Å². The summed E-state index contributed by atoms with van der Waals surface area (Å²) in [5, 5.41) is 34.4. The van der Waals surface area contributed by atoms with Crippen molar-refractivity contribution in [2.75, 3.05) is 10.6 Å². The van der Waals surface area contributed by atoms with Crippen molar-refractivity contribution in [3.63, 3.8) is 0 Å². The van der Waals surface area contributed by atoms with E-state index in [0.717, 1.165) is 55.5 Å². The fourth-order valence-corrected chi connectivity index (χ4v) is 7.83. The van der Waals surface area contributed by atoms with Gasteiger partial charge in [0.2, 0.25) is 11.8 Å². The average Bonchev–Trinajstić information content (AvgIpc) is 4.07. The molecule has 2 aliphatic carbocycles. The van der Waals surface area contributed by atoms with Gasteiger partial charge in [0.15, 0.2) is 11.6 Å². The first-order chi connectivity index (χ1) is 28.2. The molecule has 2 aliphatic rings. The molecule has 0 saturated heterocycles. The van der Waals surface area contributed by atoms with Crippen LogP contribution in [0.4, 0.5) is 11.6 Å². The van der Waals surface area contributed by atoms with Crippen molar-refractivity contribution < 1.29 is 28.2 Å². The van der Waals surface area contributed by atoms with Gasteiger partial charge < -0.3 is 30.3 Å². The zero-order valence-electron chi connectivity index (χ0n) is 31.9. The van der Waals surface area contributed by atoms with Crippen molar-refractivity contribution >= 4 is 35.3 Å². The number of nitrogens with one attached hydrogen (secondary N) is 6. The molecular formula is C42H44N10O6. The molecule has 0 spiro atoms. The maximum absolute atomic E-state index is 13.1. The summed E-state index contributed by atoms with van der Waals surface area (Å²) in [7, 11) is 0. The molecule has 0 radical (unpaired) electrons. The second-order valence-electron chi connectivity index (χ2n) is 15.2. The standard InChI is InChI=1S/C42H44N10O6/c1-24-15-33(57-51-24)20-39(53)45-37-22-35(47-49-37)29-12-14-31(18-29)44-42(56)27-9-7-25(8-10-27)16-32-19-34(58-52-32)21-40(54)46-38-23-36(48-50-38)28-11-13-30(17-28)43-41(55)26-5-3-2-4-6-26/h2-10,15,19,22-23,28-31H,11-14,16-18,20-21H2,1H3,(H,43,55)(H,44,56)(H2,45,47,49,53)(H2,46,48,50,54)/t28-,29+,30+,31-/m1/s1. The molecule has 298 valence electrons. The summed E-state index contributed by atoms with van der Waals surface area (Å²) < 4.78 is 10.6. The van der Waals surface area contributed by atoms with Gasteiger partial charge in [0.1, 0.15) is 11.5 Å². The normalized spacial score (nSPS) is 18.8. The molecule has 0 unspecified atom stereocenters. The van der Waals surface area contributed by atoms with Gasteiger partial charge in [0.25, 0.3) is 11.8 Å². The van der Waals surface area contributed by atoms with Crippen LogP contribution in [0.5, 0.6) is 0 Å². The van der Waals surface area contributed by atoms with Gasteiger partial charge in [-0.05, 0) is 75.3 Å². The lowest BCUT2D eigenvalue weighted by Gasteiger charge is -2.13. The molecule has 4 atom stereocenters. The monoisotopic (exact) mass is 784 g/mol. The zero-order valence-corrected chi connectivity index (χ0v) is 31.9. The smallest absolute Gasteiger partial charge is 0.251 e. The van der Waals surface area contributed by atoms with E-state index in [4.69, 9.17) is 9.05 Å². The summed E-state index contributed by atoms with van der Waals surface area (Å²) in [6, 6.07) is 23.8. The third-order valence-corrected chi connectivity index (χ3v) is 10.7. The van der Waals surface area contributed by atoms with E-state index in [0.29, 0.717) is 52.1 Å². The Morgan fingerprint density at radius 3 is 1.74 bits per heavy atom. The quantitative estimate of drug-likeness (QED) is 0.0813. The SMILES string of the molecule is Cc1cc(CC(=O)Nc2cc([C@H]3CC[C@@H](NC(=O)c4ccc(Cc5cc(CC(=O)Nc6cc([C@@H]7CC[C@H](NC(=O)c8ccccc8)C7)[nH]n6)on5)cc4)C3)[nH]n2)on1. The largest absolute Gasteiger partial charge is 0.361 e. The maximum Gasteiger partial charge on any atom is 0.251 e. The molecule has 2 saturated carbocycles. The van der Waals surface area contributed by atoms with E-state index in [1.165, 1.54) is 0 Å². The minimum Gasteiger partial charge on any atom is -0.361 e. The third-order valence-electron chi connectivity index (χ3n) is 10.7. The lowest BCUT2D eigenvalue weighted by Crippen LogP contribution is -2.32. The van der Waals surface area contributed by atoms with Crippen molar-refractivity contribution in [3.05, 3.63) is 130 Å². The molecular weight excluding hydrogens is 741 g/mol. The number of aromatic amines is 2. The molecule has 6 N–H and O–H groups in total. The highest BCUT2D eigenvalue weighted by molar-refractivity contribution is 5.95. The van der Waals surface area contributed by atoms with E-state index in [-0.39, 0.29) is 60.4 Å². The van der Waals surface area contributed by atoms with Crippen LogP contribution >= 0.6 is 0 Å². The van der Waals surface area contributed by atoms with E-state index < -0.39 is 0 Å². The van der Waals surface area contributed by atoms with Gasteiger partial charge in [-0.1, -0.05) is 40.6 Å². The molecule has 0 bridgehead atoms. The van der Waals surface area contributed by atoms with E-state index in [1.54, 1.807) is 43.3 Å². The van der Waals surface area contributed by atoms with Crippen molar-refractivity contribution in [3.8, 4) is 0 Å². The predicted octanol–water partition coefficient (Wildman–Crippen LogP) is 5.50. The number of rotatable bonds is 14. The number of hydrogen-bond donors (Lipinski definition) is 6. The minimum absolute atomic E-state index is 0.00416. The summed E-state index contributed by atoms with van der Waals surface area (Å²) in [6.45, 7) is 1.80. The Morgan fingerprint density at radius 2 is 1.19 bits per heavy atom. The van der Waals surface area contributed by atoms with Crippen LogP contribution in [-0.2, 0) is 28.9 Å². The molecule has 0 aliphatic heterocycles. The number of aryl methyl sites for hydroxylation is 1. The van der Waals surface area contributed by atoms with Crippen molar-refractivity contribution in [2.45, 2.75) is 88.6 Å². The van der Waals surface area contributed by atoms with Gasteiger partial charge in [0.05, 0.1) is 24.2 Å². The predicted molar refractivity (Wildman–Crippen MR) is 211 cm³/mol. The summed E-state index contributed by atoms with van der Waals surface area (Å²) >= 11 is 0. The Bertz CT molecular complexity index is 2380. The van der Waals surface area contributed by atoms with Crippen LogP contribution in [0.25, 0.3) is 0 Å². The number of anilines is 2. The van der Waals surface area contributed by atoms with Gasteiger partial charge in [-0.2, -0.15) is 10.2 Å². The molecule has 4 aromatic heterocycles. The average molecular weight is 785 g/mol. The summed E-state index contributed by atoms with van der Waals surface area (Å²) in [5.74, 6) is 1.43. The Balaban J connectivity index is 0.752. The van der Waals surface area contributed by atoms with E-state index in [2.05, 4.69) is 52.0 Å². The second kappa shape index (κ2) is 17.1. The lowest BCUT2D eigenvalue weighted by atomic mass is 10.0. The van der Waals surface area contributed by atoms with Crippen molar-refractivity contribution in [2.24, 2.45) is 0 Å². The molecule has 4 amide bonds. The van der Waals surface area contributed by atoms with Crippen LogP contribution in [0.15, 0.2) is 87.9 Å². The molecule has 8 rings (SSSR count). The first-order valence-corrected chi connectivity index (χ1v) is 19.5. The van der Waals surface area contributed by atoms with E-state index >= 15 is 0 Å². The van der Waals surface area contributed by atoms with Crippen molar-refractivity contribution in [1.82, 2.24) is 41.3 Å². The van der Waals surface area contributed by atoms with Gasteiger partial charge in [-0.3, -0.25) is 29.4 Å².